The van der Waals surface area contributed by atoms with E-state index < -0.39 is 8.77 Å². The van der Waals surface area contributed by atoms with Crippen LogP contribution in [0, 0.1) is 17.7 Å². The van der Waals surface area contributed by atoms with Gasteiger partial charge in [-0.3, -0.25) is 0 Å². The molecule has 0 radical (unpaired) electrons. The van der Waals surface area contributed by atoms with Gasteiger partial charge in [0, 0.05) is 11.2 Å². The van der Waals surface area contributed by atoms with Crippen LogP contribution in [0.4, 0.5) is 4.39 Å². The van der Waals surface area contributed by atoms with Gasteiger partial charge in [0.15, 0.2) is 11.6 Å². The van der Waals surface area contributed by atoms with E-state index in [1.54, 1.807) is 6.07 Å². The van der Waals surface area contributed by atoms with Crippen LogP contribution in [-0.4, -0.2) is 21.1 Å². The van der Waals surface area contributed by atoms with Crippen LogP contribution in [0.15, 0.2) is 12.1 Å². The van der Waals surface area contributed by atoms with Crippen molar-refractivity contribution in [2.45, 2.75) is 44.9 Å². The first-order chi connectivity index (χ1) is 10.8. The monoisotopic (exact) mass is 358 g/mol. The normalized spacial score (nSPS) is 26.4. The highest BCUT2D eigenvalue weighted by Crippen LogP contribution is 2.40. The molecule has 128 valence electrons. The average Bonchev–Trinajstić information content (AvgIpc) is 3.28. The van der Waals surface area contributed by atoms with Crippen molar-refractivity contribution in [2.75, 3.05) is 12.4 Å². The Morgan fingerprint density at radius 3 is 2.78 bits per heavy atom. The van der Waals surface area contributed by atoms with Crippen molar-refractivity contribution in [3.8, 4) is 5.75 Å². The van der Waals surface area contributed by atoms with Gasteiger partial charge in [-0.25, -0.2) is 8.60 Å². The molecule has 3 nitrogen and oxygen atoms in total. The van der Waals surface area contributed by atoms with Gasteiger partial charge in [0.25, 0.3) is 0 Å². The van der Waals surface area contributed by atoms with Crippen LogP contribution in [0.3, 0.4) is 0 Å². The molecule has 3 rings (SSSR count). The molecule has 2 aliphatic rings. The Labute approximate surface area is 142 Å². The van der Waals surface area contributed by atoms with Crippen LogP contribution in [-0.2, 0) is 26.4 Å². The van der Waals surface area contributed by atoms with Crippen LogP contribution in [0.5, 0.6) is 5.75 Å². The van der Waals surface area contributed by atoms with E-state index in [2.05, 4.69) is 18.1 Å². The molecule has 6 heteroatoms. The quantitative estimate of drug-likeness (QED) is 0.838. The molecule has 0 aliphatic heterocycles. The molecule has 2 unspecified atom stereocenters. The van der Waals surface area contributed by atoms with Gasteiger partial charge in [0.2, 0.25) is 0 Å². The third kappa shape index (κ3) is 4.43. The molecule has 0 heterocycles. The minimum absolute atomic E-state index is 0.152. The zero-order chi connectivity index (χ0) is 16.6. The molecule has 1 N–H and O–H groups in total. The summed E-state index contributed by atoms with van der Waals surface area (Å²) in [5, 5.41) is 0. The standard InChI is InChI=1S/C17H23FO3S2/c1-11-13(6-7-23(19,20)22)4-5-14-8-16(18)17(9-15(11)14)21-10-12-2-3-12/h8-9,11-13H,2-7,10H2,1H3,(H,19,20,22)/t11-,13?/m0/s1. The molecule has 1 aromatic carbocycles. The number of hydrogen-bond acceptors (Lipinski definition) is 3. The third-order valence-corrected chi connectivity index (χ3v) is 6.35. The van der Waals surface area contributed by atoms with E-state index in [0.717, 1.165) is 24.0 Å². The summed E-state index contributed by atoms with van der Waals surface area (Å²) >= 11 is 4.59. The summed E-state index contributed by atoms with van der Waals surface area (Å²) in [4.78, 5) is 0. The Bertz CT molecular complexity index is 683. The maximum absolute atomic E-state index is 14.2. The van der Waals surface area contributed by atoms with Gasteiger partial charge in [-0.1, -0.05) is 6.92 Å². The number of fused-ring (bicyclic) bond motifs is 1. The first-order valence-electron chi connectivity index (χ1n) is 8.24. The van der Waals surface area contributed by atoms with E-state index in [1.807, 2.05) is 6.07 Å². The maximum Gasteiger partial charge on any atom is 0.165 e. The van der Waals surface area contributed by atoms with E-state index in [1.165, 1.54) is 12.8 Å². The smallest absolute Gasteiger partial charge is 0.165 e. The Hall–Kier alpha value is -0.720. The molecule has 0 saturated heterocycles. The summed E-state index contributed by atoms with van der Waals surface area (Å²) in [6, 6.07) is 3.44. The van der Waals surface area contributed by atoms with Crippen LogP contribution >= 0.6 is 0 Å². The molecular weight excluding hydrogens is 335 g/mol. The summed E-state index contributed by atoms with van der Waals surface area (Å²) in [7, 11) is -3.10. The largest absolute Gasteiger partial charge is 0.490 e. The van der Waals surface area contributed by atoms with Gasteiger partial charge in [-0.05, 0) is 73.1 Å². The van der Waals surface area contributed by atoms with Crippen LogP contribution in [0.1, 0.15) is 49.7 Å². The van der Waals surface area contributed by atoms with Gasteiger partial charge in [0.1, 0.15) is 8.77 Å². The molecule has 0 spiro atoms. The molecule has 3 atom stereocenters. The highest BCUT2D eigenvalue weighted by Gasteiger charge is 2.29. The van der Waals surface area contributed by atoms with Crippen molar-refractivity contribution < 1.29 is 17.9 Å². The van der Waals surface area contributed by atoms with Crippen LogP contribution in [0.25, 0.3) is 0 Å². The van der Waals surface area contributed by atoms with Crippen molar-refractivity contribution in [1.29, 1.82) is 0 Å². The van der Waals surface area contributed by atoms with Crippen LogP contribution in [0.2, 0.25) is 0 Å². The van der Waals surface area contributed by atoms with Gasteiger partial charge >= 0.3 is 0 Å². The van der Waals surface area contributed by atoms with Gasteiger partial charge < -0.3 is 9.29 Å². The maximum atomic E-state index is 14.2. The van der Waals surface area contributed by atoms with E-state index in [-0.39, 0.29) is 17.5 Å². The third-order valence-electron chi connectivity index (χ3n) is 5.09. The highest BCUT2D eigenvalue weighted by atomic mass is 32.8. The van der Waals surface area contributed by atoms with Gasteiger partial charge in [0.05, 0.1) is 12.4 Å². The second-order valence-electron chi connectivity index (χ2n) is 6.90. The predicted octanol–water partition coefficient (Wildman–Crippen LogP) is 3.89. The average molecular weight is 358 g/mol. The lowest BCUT2D eigenvalue weighted by molar-refractivity contribution is 0.283. The lowest BCUT2D eigenvalue weighted by atomic mass is 9.75. The summed E-state index contributed by atoms with van der Waals surface area (Å²) in [5.41, 5.74) is 2.15. The summed E-state index contributed by atoms with van der Waals surface area (Å²) in [5.74, 6) is 1.33. The van der Waals surface area contributed by atoms with Crippen molar-refractivity contribution in [1.82, 2.24) is 0 Å². The fourth-order valence-corrected chi connectivity index (χ4v) is 4.28. The SMILES string of the molecule is C[C@@H]1c2cc(OCC3CC3)c(F)cc2CCC1CCS(=O)(O)=S. The second kappa shape index (κ2) is 6.65. The lowest BCUT2D eigenvalue weighted by Crippen LogP contribution is -2.21. The molecule has 0 amide bonds. The van der Waals surface area contributed by atoms with Crippen LogP contribution < -0.4 is 4.74 Å². The highest BCUT2D eigenvalue weighted by molar-refractivity contribution is 8.29. The Morgan fingerprint density at radius 2 is 2.13 bits per heavy atom. The van der Waals surface area contributed by atoms with E-state index in [0.29, 0.717) is 30.6 Å². The van der Waals surface area contributed by atoms with E-state index >= 15 is 0 Å². The Balaban J connectivity index is 1.75. The lowest BCUT2D eigenvalue weighted by Gasteiger charge is -2.31. The molecule has 0 aromatic heterocycles. The summed E-state index contributed by atoms with van der Waals surface area (Å²) in [6.07, 6.45) is 4.68. The molecule has 0 bridgehead atoms. The van der Waals surface area contributed by atoms with Gasteiger partial charge in [-0.15, -0.1) is 0 Å². The molecule has 2 aliphatic carbocycles. The minimum Gasteiger partial charge on any atom is -0.490 e. The topological polar surface area (TPSA) is 46.5 Å². The summed E-state index contributed by atoms with van der Waals surface area (Å²) in [6.45, 7) is 2.70. The zero-order valence-corrected chi connectivity index (χ0v) is 14.9. The van der Waals surface area contributed by atoms with Gasteiger partial charge in [-0.2, -0.15) is 0 Å². The molecule has 23 heavy (non-hydrogen) atoms. The fourth-order valence-electron chi connectivity index (χ4n) is 3.39. The second-order valence-corrected chi connectivity index (χ2v) is 10.0. The Morgan fingerprint density at radius 1 is 1.39 bits per heavy atom. The van der Waals surface area contributed by atoms with E-state index in [4.69, 9.17) is 4.74 Å². The number of halogens is 1. The first-order valence-corrected chi connectivity index (χ1v) is 10.8. The molecule has 1 saturated carbocycles. The number of hydrogen-bond donors (Lipinski definition) is 1. The van der Waals surface area contributed by atoms with Crippen molar-refractivity contribution in [3.63, 3.8) is 0 Å². The van der Waals surface area contributed by atoms with Crippen molar-refractivity contribution >= 4 is 20.0 Å². The number of benzene rings is 1. The first kappa shape index (κ1) is 17.1. The molecule has 1 fully saturated rings. The Kier molecular flexibility index (Phi) is 4.95. The zero-order valence-electron chi connectivity index (χ0n) is 13.3. The fraction of sp³-hybridized carbons (Fsp3) is 0.647. The van der Waals surface area contributed by atoms with Crippen molar-refractivity contribution in [2.24, 2.45) is 11.8 Å². The minimum atomic E-state index is -3.10. The number of ether oxygens (including phenoxy) is 1. The van der Waals surface area contributed by atoms with Crippen molar-refractivity contribution in [3.05, 3.63) is 29.1 Å². The van der Waals surface area contributed by atoms with E-state index in [9.17, 15) is 13.2 Å². The number of rotatable bonds is 6. The predicted molar refractivity (Wildman–Crippen MR) is 92.5 cm³/mol. The summed E-state index contributed by atoms with van der Waals surface area (Å²) < 4.78 is 40.5. The molecule has 1 aromatic rings. The number of aryl methyl sites for hydroxylation is 1. The molecular formula is C17H23FO3S2.